The highest BCUT2D eigenvalue weighted by molar-refractivity contribution is 5.80. The van der Waals surface area contributed by atoms with Gasteiger partial charge in [-0.15, -0.1) is 0 Å². The second-order valence-corrected chi connectivity index (χ2v) is 10.8. The molecule has 0 radical (unpaired) electrons. The van der Waals surface area contributed by atoms with Crippen LogP contribution in [-0.2, 0) is 33.2 Å². The molecule has 230 valence electrons. The van der Waals surface area contributed by atoms with Crippen molar-refractivity contribution in [3.05, 3.63) is 70.0 Å². The van der Waals surface area contributed by atoms with Gasteiger partial charge in [-0.1, -0.05) is 6.07 Å². The second kappa shape index (κ2) is 12.6. The molecule has 42 heavy (non-hydrogen) atoms. The van der Waals surface area contributed by atoms with Gasteiger partial charge in [0, 0.05) is 45.1 Å². The number of ether oxygens (including phenoxy) is 1. The van der Waals surface area contributed by atoms with E-state index in [1.165, 1.54) is 19.2 Å². The van der Waals surface area contributed by atoms with E-state index in [1.807, 2.05) is 4.90 Å². The lowest BCUT2D eigenvalue weighted by atomic mass is 9.78. The average molecular weight is 604 g/mol. The van der Waals surface area contributed by atoms with Crippen LogP contribution in [0, 0.1) is 18.7 Å². The average Bonchev–Trinajstić information content (AvgIpc) is 2.92. The van der Waals surface area contributed by atoms with E-state index in [9.17, 15) is 40.3 Å². The highest BCUT2D eigenvalue weighted by atomic mass is 19.4. The Bertz CT molecular complexity index is 1260. The van der Waals surface area contributed by atoms with Crippen LogP contribution >= 0.6 is 0 Å². The maximum Gasteiger partial charge on any atom is 0.416 e. The van der Waals surface area contributed by atoms with Crippen molar-refractivity contribution in [3.63, 3.8) is 0 Å². The summed E-state index contributed by atoms with van der Waals surface area (Å²) < 4.78 is 99.4. The van der Waals surface area contributed by atoms with Gasteiger partial charge >= 0.3 is 12.4 Å². The number of rotatable bonds is 6. The van der Waals surface area contributed by atoms with Crippen LogP contribution in [0.2, 0.25) is 0 Å². The molecule has 0 aliphatic carbocycles. The van der Waals surface area contributed by atoms with Crippen LogP contribution in [0.5, 0.6) is 0 Å². The molecule has 2 heterocycles. The molecular weight excluding hydrogens is 571 g/mol. The number of aryl methyl sites for hydroxylation is 1. The quantitative estimate of drug-likeness (QED) is 0.432. The first-order chi connectivity index (χ1) is 19.6. The number of piperidine rings is 1. The predicted octanol–water partition coefficient (Wildman–Crippen LogP) is 5.09. The number of carbonyl (C=O) groups excluding carboxylic acids is 2. The molecule has 2 atom stereocenters. The summed E-state index contributed by atoms with van der Waals surface area (Å²) >= 11 is 0. The zero-order valence-corrected chi connectivity index (χ0v) is 23.2. The summed E-state index contributed by atoms with van der Waals surface area (Å²) in [5, 5.41) is 0. The van der Waals surface area contributed by atoms with Gasteiger partial charge in [-0.2, -0.15) is 26.3 Å². The number of nitrogens with zero attached hydrogens (tertiary/aromatic N) is 3. The third-order valence-corrected chi connectivity index (χ3v) is 7.81. The van der Waals surface area contributed by atoms with E-state index in [1.54, 1.807) is 17.9 Å². The smallest absolute Gasteiger partial charge is 0.378 e. The zero-order chi connectivity index (χ0) is 30.8. The van der Waals surface area contributed by atoms with Gasteiger partial charge in [-0.3, -0.25) is 14.5 Å². The van der Waals surface area contributed by atoms with Crippen LogP contribution in [0.3, 0.4) is 0 Å². The van der Waals surface area contributed by atoms with E-state index in [0.29, 0.717) is 56.1 Å². The fourth-order valence-electron chi connectivity index (χ4n) is 5.68. The van der Waals surface area contributed by atoms with Crippen LogP contribution in [0.1, 0.15) is 40.2 Å². The SMILES string of the molecule is Cc1cc(F)ccc1[C@@H]1CN(CC(=O)N2CCOCC2)CC[C@H]1C(=O)N(C)Cc1cc(C(F)(F)F)cc(C(F)(F)F)c1. The van der Waals surface area contributed by atoms with Crippen molar-refractivity contribution in [2.45, 2.75) is 38.2 Å². The Labute approximate surface area is 239 Å². The van der Waals surface area contributed by atoms with Gasteiger partial charge in [0.05, 0.1) is 30.9 Å². The molecule has 2 aromatic carbocycles. The van der Waals surface area contributed by atoms with Crippen molar-refractivity contribution < 1.29 is 45.1 Å². The highest BCUT2D eigenvalue weighted by Gasteiger charge is 2.40. The van der Waals surface area contributed by atoms with Crippen LogP contribution in [-0.4, -0.2) is 79.5 Å². The van der Waals surface area contributed by atoms with E-state index < -0.39 is 53.6 Å². The van der Waals surface area contributed by atoms with Crippen LogP contribution in [0.15, 0.2) is 36.4 Å². The number of morpholine rings is 1. The van der Waals surface area contributed by atoms with E-state index in [2.05, 4.69) is 0 Å². The molecule has 4 rings (SSSR count). The van der Waals surface area contributed by atoms with Crippen molar-refractivity contribution in [1.82, 2.24) is 14.7 Å². The Kier molecular flexibility index (Phi) is 9.51. The number of alkyl halides is 6. The molecule has 13 heteroatoms. The van der Waals surface area contributed by atoms with Gasteiger partial charge in [0.25, 0.3) is 0 Å². The zero-order valence-electron chi connectivity index (χ0n) is 23.2. The van der Waals surface area contributed by atoms with Gasteiger partial charge in [0.2, 0.25) is 11.8 Å². The largest absolute Gasteiger partial charge is 0.416 e. The first-order valence-electron chi connectivity index (χ1n) is 13.5. The van der Waals surface area contributed by atoms with E-state index in [0.717, 1.165) is 4.90 Å². The number of hydrogen-bond donors (Lipinski definition) is 0. The van der Waals surface area contributed by atoms with Crippen molar-refractivity contribution in [1.29, 1.82) is 0 Å². The first kappa shape index (κ1) is 31.7. The van der Waals surface area contributed by atoms with Crippen LogP contribution in [0.25, 0.3) is 0 Å². The number of benzene rings is 2. The third-order valence-electron chi connectivity index (χ3n) is 7.81. The molecule has 0 spiro atoms. The summed E-state index contributed by atoms with van der Waals surface area (Å²) in [6.07, 6.45) is -9.72. The maximum absolute atomic E-state index is 13.9. The van der Waals surface area contributed by atoms with Gasteiger partial charge in [0.1, 0.15) is 5.82 Å². The van der Waals surface area contributed by atoms with E-state index >= 15 is 0 Å². The van der Waals surface area contributed by atoms with Crippen molar-refractivity contribution in [3.8, 4) is 0 Å². The molecule has 2 aliphatic rings. The number of carbonyl (C=O) groups is 2. The lowest BCUT2D eigenvalue weighted by molar-refractivity contribution is -0.143. The topological polar surface area (TPSA) is 53.1 Å². The van der Waals surface area contributed by atoms with Gasteiger partial charge in [-0.25, -0.2) is 4.39 Å². The van der Waals surface area contributed by atoms with Gasteiger partial charge in [-0.05, 0) is 66.9 Å². The third kappa shape index (κ3) is 7.60. The lowest BCUT2D eigenvalue weighted by Crippen LogP contribution is -2.50. The summed E-state index contributed by atoms with van der Waals surface area (Å²) in [7, 11) is 1.33. The minimum atomic E-state index is -5.00. The van der Waals surface area contributed by atoms with Crippen LogP contribution < -0.4 is 0 Å². The van der Waals surface area contributed by atoms with Crippen molar-refractivity contribution in [2.24, 2.45) is 5.92 Å². The van der Waals surface area contributed by atoms with Crippen molar-refractivity contribution in [2.75, 3.05) is 53.0 Å². The molecule has 2 fully saturated rings. The maximum atomic E-state index is 13.9. The molecule has 2 saturated heterocycles. The summed E-state index contributed by atoms with van der Waals surface area (Å²) in [4.78, 5) is 31.3. The summed E-state index contributed by atoms with van der Waals surface area (Å²) in [5.74, 6) is -2.19. The summed E-state index contributed by atoms with van der Waals surface area (Å²) in [5.41, 5.74) is -1.94. The van der Waals surface area contributed by atoms with E-state index in [-0.39, 0.29) is 37.0 Å². The minimum Gasteiger partial charge on any atom is -0.378 e. The normalized spacial score (nSPS) is 20.5. The molecule has 0 saturated carbocycles. The molecular formula is C29H32F7N3O3. The fraction of sp³-hybridized carbons (Fsp3) is 0.517. The molecule has 0 bridgehead atoms. The summed E-state index contributed by atoms with van der Waals surface area (Å²) in [6, 6.07) is 5.45. The predicted molar refractivity (Wildman–Crippen MR) is 139 cm³/mol. The number of halogens is 7. The van der Waals surface area contributed by atoms with E-state index in [4.69, 9.17) is 4.74 Å². The number of amides is 2. The molecule has 2 aromatic rings. The van der Waals surface area contributed by atoms with Gasteiger partial charge < -0.3 is 14.5 Å². The fourth-order valence-corrected chi connectivity index (χ4v) is 5.68. The Hall–Kier alpha value is -3.19. The minimum absolute atomic E-state index is 0.0482. The molecule has 0 N–H and O–H groups in total. The molecule has 0 aromatic heterocycles. The monoisotopic (exact) mass is 603 g/mol. The number of likely N-dealkylation sites (tertiary alicyclic amines) is 1. The highest BCUT2D eigenvalue weighted by Crippen LogP contribution is 2.38. The Morgan fingerprint density at radius 2 is 1.57 bits per heavy atom. The molecule has 0 unspecified atom stereocenters. The Morgan fingerprint density at radius 3 is 2.14 bits per heavy atom. The lowest BCUT2D eigenvalue weighted by Gasteiger charge is -2.40. The first-order valence-corrected chi connectivity index (χ1v) is 13.5. The Balaban J connectivity index is 1.57. The standard InChI is InChI=1S/C29H32F7N3O3/c1-18-11-22(30)3-4-23(18)25-16-38(17-26(40)39-7-9-42-10-8-39)6-5-24(25)27(41)37(2)15-19-12-20(28(31,32)33)14-21(13-19)29(34,35)36/h3-4,11-14,24-25H,5-10,15-17H2,1-2H3/t24-,25+/m1/s1. The van der Waals surface area contributed by atoms with Gasteiger partial charge in [0.15, 0.2) is 0 Å². The molecule has 2 amide bonds. The molecule has 6 nitrogen and oxygen atoms in total. The second-order valence-electron chi connectivity index (χ2n) is 10.8. The number of hydrogen-bond acceptors (Lipinski definition) is 4. The Morgan fingerprint density at radius 1 is 0.952 bits per heavy atom. The van der Waals surface area contributed by atoms with Crippen molar-refractivity contribution >= 4 is 11.8 Å². The summed E-state index contributed by atoms with van der Waals surface area (Å²) in [6.45, 7) is 3.84. The van der Waals surface area contributed by atoms with Crippen LogP contribution in [0.4, 0.5) is 30.7 Å². The molecule has 2 aliphatic heterocycles.